The van der Waals surface area contributed by atoms with Crippen molar-refractivity contribution in [3.8, 4) is 0 Å². The molecule has 0 rings (SSSR count). The smallest absolute Gasteiger partial charge is 0.326 e. The molecule has 0 bridgehead atoms. The highest BCUT2D eigenvalue weighted by atomic mass is 32.1. The molecule has 0 saturated heterocycles. The topological polar surface area (TPSA) is 177 Å². The third-order valence-corrected chi connectivity index (χ3v) is 5.55. The molecule has 5 atom stereocenters. The molecule has 0 aromatic carbocycles. The number of thiol groups is 1. The number of nitrogens with one attached hydrogen (secondary N) is 3. The first kappa shape index (κ1) is 29.1. The molecule has 0 heterocycles. The van der Waals surface area contributed by atoms with E-state index in [0.717, 1.165) is 0 Å². The predicted octanol–water partition coefficient (Wildman–Crippen LogP) is -0.386. The number of carbonyl (C=O) groups is 4. The van der Waals surface area contributed by atoms with Gasteiger partial charge in [0.2, 0.25) is 17.7 Å². The SMILES string of the molecule is CCC(C)C(N)C(=O)NC(C(=O)NC(CS)C(=O)NC(CCCCN)C(=O)O)C(C)C. The maximum atomic E-state index is 12.8. The number of hydrogen-bond acceptors (Lipinski definition) is 7. The zero-order valence-electron chi connectivity index (χ0n) is 18.9. The molecule has 3 amide bonds. The van der Waals surface area contributed by atoms with E-state index in [2.05, 4.69) is 28.6 Å². The highest BCUT2D eigenvalue weighted by Crippen LogP contribution is 2.09. The maximum Gasteiger partial charge on any atom is 0.326 e. The Morgan fingerprint density at radius 1 is 0.935 bits per heavy atom. The number of amides is 3. The van der Waals surface area contributed by atoms with Gasteiger partial charge in [-0.15, -0.1) is 0 Å². The number of nitrogens with two attached hydrogens (primary N) is 2. The van der Waals surface area contributed by atoms with Gasteiger partial charge >= 0.3 is 5.97 Å². The van der Waals surface area contributed by atoms with Gasteiger partial charge in [0.25, 0.3) is 0 Å². The van der Waals surface area contributed by atoms with Gasteiger partial charge in [0.15, 0.2) is 0 Å². The summed E-state index contributed by atoms with van der Waals surface area (Å²) >= 11 is 4.10. The monoisotopic (exact) mass is 461 g/mol. The number of carboxylic acids is 1. The second-order valence-electron chi connectivity index (χ2n) is 8.07. The molecule has 31 heavy (non-hydrogen) atoms. The summed E-state index contributed by atoms with van der Waals surface area (Å²) in [5, 5.41) is 17.0. The third kappa shape index (κ3) is 10.3. The molecule has 0 aromatic rings. The lowest BCUT2D eigenvalue weighted by molar-refractivity contribution is -0.142. The predicted molar refractivity (Wildman–Crippen MR) is 122 cm³/mol. The Hall–Kier alpha value is -1.85. The minimum atomic E-state index is -1.17. The second-order valence-corrected chi connectivity index (χ2v) is 8.43. The average molecular weight is 462 g/mol. The lowest BCUT2D eigenvalue weighted by Gasteiger charge is -2.27. The summed E-state index contributed by atoms with van der Waals surface area (Å²) in [6.45, 7) is 7.71. The number of rotatable bonds is 15. The van der Waals surface area contributed by atoms with Crippen LogP contribution in [-0.4, -0.2) is 65.3 Å². The largest absolute Gasteiger partial charge is 0.480 e. The van der Waals surface area contributed by atoms with Crippen molar-refractivity contribution in [1.29, 1.82) is 0 Å². The van der Waals surface area contributed by atoms with E-state index in [1.54, 1.807) is 13.8 Å². The normalized spacial score (nSPS) is 16.0. The van der Waals surface area contributed by atoms with Crippen LogP contribution in [0.2, 0.25) is 0 Å². The van der Waals surface area contributed by atoms with Crippen LogP contribution in [0.3, 0.4) is 0 Å². The van der Waals surface area contributed by atoms with Crippen molar-refractivity contribution in [3.63, 3.8) is 0 Å². The quantitative estimate of drug-likeness (QED) is 0.128. The van der Waals surface area contributed by atoms with Crippen LogP contribution in [0.5, 0.6) is 0 Å². The van der Waals surface area contributed by atoms with Crippen molar-refractivity contribution >= 4 is 36.3 Å². The van der Waals surface area contributed by atoms with Crippen molar-refractivity contribution in [2.75, 3.05) is 12.3 Å². The lowest BCUT2D eigenvalue weighted by Crippen LogP contribution is -2.59. The molecule has 8 N–H and O–H groups in total. The van der Waals surface area contributed by atoms with Gasteiger partial charge in [-0.25, -0.2) is 4.79 Å². The van der Waals surface area contributed by atoms with Crippen molar-refractivity contribution in [1.82, 2.24) is 16.0 Å². The fourth-order valence-corrected chi connectivity index (χ4v) is 3.03. The van der Waals surface area contributed by atoms with Crippen LogP contribution >= 0.6 is 12.6 Å². The number of unbranched alkanes of at least 4 members (excludes halogenated alkanes) is 1. The second kappa shape index (κ2) is 15.0. The van der Waals surface area contributed by atoms with E-state index in [9.17, 15) is 24.3 Å². The van der Waals surface area contributed by atoms with Crippen LogP contribution < -0.4 is 27.4 Å². The molecule has 11 heteroatoms. The Labute approximate surface area is 190 Å². The number of carbonyl (C=O) groups excluding carboxylic acids is 3. The summed E-state index contributed by atoms with van der Waals surface area (Å²) in [5.41, 5.74) is 11.4. The first-order valence-corrected chi connectivity index (χ1v) is 11.3. The number of carboxylic acid groups (broad SMARTS) is 1. The van der Waals surface area contributed by atoms with Crippen LogP contribution in [0.1, 0.15) is 53.4 Å². The molecule has 180 valence electrons. The number of hydrogen-bond donors (Lipinski definition) is 7. The molecule has 0 aromatic heterocycles. The molecule has 0 radical (unpaired) electrons. The van der Waals surface area contributed by atoms with Gasteiger partial charge in [0.1, 0.15) is 18.1 Å². The average Bonchev–Trinajstić information content (AvgIpc) is 2.72. The zero-order valence-corrected chi connectivity index (χ0v) is 19.8. The van der Waals surface area contributed by atoms with Gasteiger partial charge in [-0.2, -0.15) is 12.6 Å². The van der Waals surface area contributed by atoms with Gasteiger partial charge < -0.3 is 32.5 Å². The maximum absolute atomic E-state index is 12.8. The summed E-state index contributed by atoms with van der Waals surface area (Å²) in [4.78, 5) is 49.1. The summed E-state index contributed by atoms with van der Waals surface area (Å²) in [6.07, 6.45) is 2.12. The van der Waals surface area contributed by atoms with Gasteiger partial charge in [0, 0.05) is 5.75 Å². The van der Waals surface area contributed by atoms with E-state index < -0.39 is 47.9 Å². The van der Waals surface area contributed by atoms with E-state index in [1.165, 1.54) is 0 Å². The molecule has 0 aliphatic rings. The molecular formula is C20H39N5O5S. The Bertz CT molecular complexity index is 605. The van der Waals surface area contributed by atoms with Crippen LogP contribution in [0.4, 0.5) is 0 Å². The molecule has 0 saturated carbocycles. The van der Waals surface area contributed by atoms with Gasteiger partial charge in [0.05, 0.1) is 6.04 Å². The summed E-state index contributed by atoms with van der Waals surface area (Å²) in [6, 6.07) is -3.81. The fraction of sp³-hybridized carbons (Fsp3) is 0.800. The van der Waals surface area contributed by atoms with Crippen LogP contribution in [-0.2, 0) is 19.2 Å². The van der Waals surface area contributed by atoms with E-state index >= 15 is 0 Å². The van der Waals surface area contributed by atoms with Gasteiger partial charge in [-0.1, -0.05) is 34.1 Å². The first-order valence-electron chi connectivity index (χ1n) is 10.7. The molecular weight excluding hydrogens is 422 g/mol. The van der Waals surface area contributed by atoms with Crippen molar-refractivity contribution in [3.05, 3.63) is 0 Å². The standard InChI is InChI=1S/C20H39N5O5S/c1-5-12(4)15(22)18(27)25-16(11(2)3)19(28)24-14(10-31)17(26)23-13(20(29)30)8-6-7-9-21/h11-16,31H,5-10,21-22H2,1-4H3,(H,23,26)(H,24,28)(H,25,27)(H,29,30). The molecule has 0 fully saturated rings. The lowest BCUT2D eigenvalue weighted by atomic mass is 9.97. The first-order chi connectivity index (χ1) is 14.5. The Morgan fingerprint density at radius 3 is 1.97 bits per heavy atom. The Balaban J connectivity index is 5.13. The van der Waals surface area contributed by atoms with Crippen LogP contribution in [0, 0.1) is 11.8 Å². The summed E-state index contributed by atoms with van der Waals surface area (Å²) in [7, 11) is 0. The Kier molecular flexibility index (Phi) is 14.1. The third-order valence-electron chi connectivity index (χ3n) is 5.18. The molecule has 0 spiro atoms. The van der Waals surface area contributed by atoms with Crippen LogP contribution in [0.25, 0.3) is 0 Å². The summed E-state index contributed by atoms with van der Waals surface area (Å²) in [5.74, 6) is -3.20. The van der Waals surface area contributed by atoms with Crippen molar-refractivity contribution in [2.45, 2.75) is 77.5 Å². The van der Waals surface area contributed by atoms with E-state index in [0.29, 0.717) is 25.8 Å². The molecule has 0 aliphatic heterocycles. The minimum absolute atomic E-state index is 0.0438. The molecule has 5 unspecified atom stereocenters. The van der Waals surface area contributed by atoms with Crippen LogP contribution in [0.15, 0.2) is 0 Å². The minimum Gasteiger partial charge on any atom is -0.480 e. The van der Waals surface area contributed by atoms with Gasteiger partial charge in [-0.05, 0) is 37.6 Å². The highest BCUT2D eigenvalue weighted by molar-refractivity contribution is 7.80. The summed E-state index contributed by atoms with van der Waals surface area (Å²) < 4.78 is 0. The van der Waals surface area contributed by atoms with E-state index in [1.807, 2.05) is 13.8 Å². The van der Waals surface area contributed by atoms with E-state index in [4.69, 9.17) is 11.5 Å². The van der Waals surface area contributed by atoms with Crippen molar-refractivity contribution in [2.24, 2.45) is 23.3 Å². The van der Waals surface area contributed by atoms with Crippen molar-refractivity contribution < 1.29 is 24.3 Å². The molecule has 0 aliphatic carbocycles. The zero-order chi connectivity index (χ0) is 24.1. The van der Waals surface area contributed by atoms with Gasteiger partial charge in [-0.3, -0.25) is 14.4 Å². The molecule has 10 nitrogen and oxygen atoms in total. The number of aliphatic carboxylic acids is 1. The van der Waals surface area contributed by atoms with E-state index in [-0.39, 0.29) is 24.0 Å². The highest BCUT2D eigenvalue weighted by Gasteiger charge is 2.31. The fourth-order valence-electron chi connectivity index (χ4n) is 2.77. The Morgan fingerprint density at radius 2 is 1.52 bits per heavy atom.